The Bertz CT molecular complexity index is 9320. The fourth-order valence-electron chi connectivity index (χ4n) is 24.3. The van der Waals surface area contributed by atoms with Crippen molar-refractivity contribution in [2.75, 3.05) is 34.0 Å². The Hall–Kier alpha value is -17.2. The number of aromatic amines is 5. The highest BCUT2D eigenvalue weighted by Gasteiger charge is 2.45. The molecule has 10 aliphatic rings. The highest BCUT2D eigenvalue weighted by Crippen LogP contribution is 2.54. The molecule has 0 atom stereocenters. The number of rotatable bonds is 7. The second kappa shape index (κ2) is 32.5. The number of para-hydroxylation sites is 2. The van der Waals surface area contributed by atoms with Crippen LogP contribution >= 0.6 is 15.9 Å². The summed E-state index contributed by atoms with van der Waals surface area (Å²) in [6.07, 6.45) is 7.87. The molecule has 15 aromatic carbocycles. The van der Waals surface area contributed by atoms with E-state index in [4.69, 9.17) is 18.9 Å². The van der Waals surface area contributed by atoms with Crippen LogP contribution in [0.1, 0.15) is 172 Å². The zero-order chi connectivity index (χ0) is 96.4. The van der Waals surface area contributed by atoms with Crippen molar-refractivity contribution in [3.63, 3.8) is 0 Å². The molecule has 142 heavy (non-hydrogen) atoms. The number of amides is 10. The number of aryl methyl sites for hydroxylation is 5. The van der Waals surface area contributed by atoms with Crippen LogP contribution in [-0.4, -0.2) is 118 Å². The molecule has 0 saturated heterocycles. The molecule has 10 N–H and O–H groups in total. The van der Waals surface area contributed by atoms with E-state index in [2.05, 4.69) is 141 Å². The third-order valence-corrected chi connectivity index (χ3v) is 30.5. The van der Waals surface area contributed by atoms with Gasteiger partial charge in [0.2, 0.25) is 0 Å². The number of hydrogen-bond donors (Lipinski definition) is 10. The number of imide groups is 5. The van der Waals surface area contributed by atoms with E-state index in [1.807, 2.05) is 153 Å². The summed E-state index contributed by atoms with van der Waals surface area (Å²) in [4.78, 5) is 145. The van der Waals surface area contributed by atoms with E-state index in [1.54, 1.807) is 14.2 Å². The molecule has 5 aliphatic carbocycles. The van der Waals surface area contributed by atoms with E-state index in [0.29, 0.717) is 87.6 Å². The van der Waals surface area contributed by atoms with Crippen LogP contribution in [0.4, 0.5) is 0 Å². The van der Waals surface area contributed by atoms with E-state index < -0.39 is 0 Å². The van der Waals surface area contributed by atoms with Crippen molar-refractivity contribution in [3.8, 4) is 72.9 Å². The first kappa shape index (κ1) is 85.3. The number of fused-ring (bicyclic) bond motifs is 50. The Balaban J connectivity index is 0.0000000912. The molecule has 5 aliphatic heterocycles. The van der Waals surface area contributed by atoms with Crippen molar-refractivity contribution in [3.05, 3.63) is 334 Å². The van der Waals surface area contributed by atoms with Gasteiger partial charge in [-0.3, -0.25) is 74.5 Å². The summed E-state index contributed by atoms with van der Waals surface area (Å²) < 4.78 is 23.2. The van der Waals surface area contributed by atoms with E-state index in [1.165, 1.54) is 27.8 Å². The molecule has 0 spiro atoms. The maximum atomic E-state index is 12.9. The van der Waals surface area contributed by atoms with Crippen molar-refractivity contribution < 1.29 is 66.9 Å². The molecule has 0 bridgehead atoms. The summed E-state index contributed by atoms with van der Waals surface area (Å²) in [6.45, 7) is 5.71. The molecule has 0 saturated carbocycles. The van der Waals surface area contributed by atoms with Gasteiger partial charge in [0, 0.05) is 126 Å². The molecule has 0 unspecified atom stereocenters. The molecule has 30 rings (SSSR count). The van der Waals surface area contributed by atoms with Crippen molar-refractivity contribution in [1.82, 2.24) is 51.5 Å². The molecular weight excluding hydrogens is 1850 g/mol. The molecule has 20 aromatic rings. The van der Waals surface area contributed by atoms with Gasteiger partial charge in [0.05, 0.1) is 110 Å². The molecule has 10 amide bonds. The first-order valence-electron chi connectivity index (χ1n) is 47.6. The van der Waals surface area contributed by atoms with Gasteiger partial charge in [0.1, 0.15) is 23.9 Å². The smallest absolute Gasteiger partial charge is 0.259 e. The fraction of sp³-hybridized carbons (Fsp3) is 0.145. The summed E-state index contributed by atoms with van der Waals surface area (Å²) >= 11 is 3.53. The number of carbonyl (C=O) groups excluding carboxylic acids is 10. The van der Waals surface area contributed by atoms with Crippen LogP contribution in [0.15, 0.2) is 217 Å². The summed E-state index contributed by atoms with van der Waals surface area (Å²) in [5.41, 5.74) is 37.6. The zero-order valence-electron chi connectivity index (χ0n) is 77.0. The maximum absolute atomic E-state index is 12.9. The normalized spacial score (nSPS) is 14.8. The highest BCUT2D eigenvalue weighted by atomic mass is 79.9. The Kier molecular flexibility index (Phi) is 19.5. The Morgan fingerprint density at radius 1 is 0.268 bits per heavy atom. The van der Waals surface area contributed by atoms with Crippen LogP contribution in [0.5, 0.6) is 17.2 Å². The molecule has 25 heteroatoms. The standard InChI is InChI=1S/C27H24N2O5.C23H16N2O3.C23H16N2O2.C22H13BrN2O2.C22H14N2O2/c1-3-33-11-12-34-20-6-4-5-16-15(20)9-10-18-21(16)25-22(24-23(18)26(30)29-27(24)31)17-8-7-14(32-2)13-19(17)28-25;1-28-12-7-9-16-15(10-12)18-20-19(22(26)25-23(20)27)14-8-6-11-4-2-3-5-13(11)17(14)21(18)24-16;1-11-6-8-13-12(10-11)7-9-15-17(13)21-18(14-4-2-3-5-16(14)24-21)20-19(15)22(26)25-23(20)27;23-11-6-8-15-14(9-11)17-19-18(21(26)25-22(19)27)13-7-5-10-3-1-2-4-12(10)16(13)20(17)24-15;25-21-18-14-10-9-11-5-1-2-6-12(11)16(14)20-17(19(18)22(26)24-21)13-7-3-4-8-15(13)23-20/h4-8,13,28H,3,9-12H2,1-2H3,(H,29,30,31);2-5,7,9-10,24H,6,8H2,1H3,(H,25,26,27);2-6,8,10,24H,7,9H2,1H3,(H,25,26,27);1-4,6,8-9,24H,5,7H2,(H,25,26,27);1-8,23H,9-10H2,(H,24,25,26). The van der Waals surface area contributed by atoms with E-state index in [-0.39, 0.29) is 59.1 Å². The molecule has 5 aromatic heterocycles. The monoisotopic (exact) mass is 1930 g/mol. The van der Waals surface area contributed by atoms with Crippen LogP contribution in [0.3, 0.4) is 0 Å². The van der Waals surface area contributed by atoms with Gasteiger partial charge in [-0.15, -0.1) is 0 Å². The quantitative estimate of drug-likeness (QED) is 0.0524. The molecule has 24 nitrogen and oxygen atoms in total. The lowest BCUT2D eigenvalue weighted by Crippen LogP contribution is -2.20. The lowest BCUT2D eigenvalue weighted by atomic mass is 9.80. The predicted molar refractivity (Wildman–Crippen MR) is 550 cm³/mol. The maximum Gasteiger partial charge on any atom is 0.259 e. The largest absolute Gasteiger partial charge is 0.497 e. The fourth-order valence-corrected chi connectivity index (χ4v) is 24.6. The topological polar surface area (TPSA) is 347 Å². The lowest BCUT2D eigenvalue weighted by molar-refractivity contribution is 0.0863. The van der Waals surface area contributed by atoms with Gasteiger partial charge in [0.15, 0.2) is 0 Å². The average molecular weight is 1930 g/mol. The number of H-pyrrole nitrogens is 5. The van der Waals surface area contributed by atoms with Crippen molar-refractivity contribution in [2.24, 2.45) is 0 Å². The molecule has 692 valence electrons. The second-order valence-corrected chi connectivity index (χ2v) is 38.3. The molecule has 10 heterocycles. The Labute approximate surface area is 815 Å². The first-order chi connectivity index (χ1) is 69.3. The molecule has 0 radical (unpaired) electrons. The Morgan fingerprint density at radius 2 is 0.599 bits per heavy atom. The van der Waals surface area contributed by atoms with Gasteiger partial charge in [0.25, 0.3) is 59.1 Å². The number of aromatic nitrogens is 5. The second-order valence-electron chi connectivity index (χ2n) is 37.4. The van der Waals surface area contributed by atoms with Gasteiger partial charge in [-0.1, -0.05) is 161 Å². The lowest BCUT2D eigenvalue weighted by Gasteiger charge is -2.25. The van der Waals surface area contributed by atoms with Crippen molar-refractivity contribution in [2.45, 2.75) is 78.1 Å². The molecular formula is C117H83BrN10O14. The zero-order valence-corrected chi connectivity index (χ0v) is 78.6. The number of nitrogens with one attached hydrogen (secondary N) is 10. The van der Waals surface area contributed by atoms with Crippen molar-refractivity contribution in [1.29, 1.82) is 0 Å². The van der Waals surface area contributed by atoms with Gasteiger partial charge >= 0.3 is 0 Å². The van der Waals surface area contributed by atoms with Gasteiger partial charge < -0.3 is 43.9 Å². The molecule has 0 fully saturated rings. The van der Waals surface area contributed by atoms with Gasteiger partial charge in [-0.05, 0) is 223 Å². The van der Waals surface area contributed by atoms with Crippen LogP contribution in [-0.2, 0) is 68.9 Å². The highest BCUT2D eigenvalue weighted by molar-refractivity contribution is 9.10. The number of benzene rings is 15. The van der Waals surface area contributed by atoms with Crippen molar-refractivity contribution >= 4 is 184 Å². The average Bonchev–Trinajstić information content (AvgIpc) is 1.56. The third kappa shape index (κ3) is 12.7. The van der Waals surface area contributed by atoms with E-state index in [9.17, 15) is 47.9 Å². The first-order valence-corrected chi connectivity index (χ1v) is 48.4. The number of hydrogen-bond acceptors (Lipinski definition) is 14. The van der Waals surface area contributed by atoms with Crippen LogP contribution < -0.4 is 40.8 Å². The minimum absolute atomic E-state index is 0.269. The van der Waals surface area contributed by atoms with E-state index >= 15 is 0 Å². The van der Waals surface area contributed by atoms with Gasteiger partial charge in [-0.2, -0.15) is 0 Å². The summed E-state index contributed by atoms with van der Waals surface area (Å²) in [5, 5.41) is 21.4. The van der Waals surface area contributed by atoms with E-state index in [0.717, 1.165) is 272 Å². The minimum Gasteiger partial charge on any atom is -0.497 e. The SMILES string of the molecule is CCOCCOc1cccc2c1CCc1c3c(c4c([nH]c5cc(OC)ccc54)c1-2)C(=O)NC3=O.COc1ccc2[nH]c3c4c(c5c(c3c2c1)C(=O)NC5=O)CCc1ccccc1-4.Cc1ccc2c(c1)CCc1c3c(c4c([nH]c5ccccc54)c1-2)C(=O)NC3=O.O=C1NC(=O)c2c1c1c(c3[nH]c4ccc(Br)cc4c23)-c2ccccc2CC1.O=C1NC(=O)c2c1c1c(c3[nH]c4ccccc4c23)-c2ccccc2CC1. The number of halogens is 1. The van der Waals surface area contributed by atoms with Crippen LogP contribution in [0.25, 0.3) is 165 Å². The number of ether oxygens (including phenoxy) is 4. The van der Waals surface area contributed by atoms with Gasteiger partial charge in [-0.25, -0.2) is 0 Å². The summed E-state index contributed by atoms with van der Waals surface area (Å²) in [5.74, 6) is -0.734. The Morgan fingerprint density at radius 3 is 1.04 bits per heavy atom. The summed E-state index contributed by atoms with van der Waals surface area (Å²) in [7, 11) is 3.24. The van der Waals surface area contributed by atoms with Crippen LogP contribution in [0.2, 0.25) is 0 Å². The number of methoxy groups -OCH3 is 2. The third-order valence-electron chi connectivity index (χ3n) is 30.0. The minimum atomic E-state index is -0.344. The number of carbonyl (C=O) groups is 10. The summed E-state index contributed by atoms with van der Waals surface area (Å²) in [6, 6.07) is 70.8. The van der Waals surface area contributed by atoms with Crippen LogP contribution in [0, 0.1) is 6.92 Å². The predicted octanol–water partition coefficient (Wildman–Crippen LogP) is 21.4.